The van der Waals surface area contributed by atoms with E-state index in [9.17, 15) is 0 Å². The van der Waals surface area contributed by atoms with Crippen molar-refractivity contribution >= 4 is 0 Å². The average molecular weight is 154 g/mol. The maximum atomic E-state index is 0. The quantitative estimate of drug-likeness (QED) is 0.310. The second-order valence-corrected chi connectivity index (χ2v) is 0. The maximum absolute atomic E-state index is 0. The van der Waals surface area contributed by atoms with Crippen LogP contribution in [0.3, 0.4) is 0 Å². The SMILES string of the molecule is O.O.O.O.O.[Cu+2]. The average Bonchev–Trinajstić information content (AvgIpc) is 0. The van der Waals surface area contributed by atoms with Crippen LogP contribution in [-0.2, 0) is 17.1 Å². The third-order valence-electron chi connectivity index (χ3n) is 0. The van der Waals surface area contributed by atoms with Crippen molar-refractivity contribution in [1.82, 2.24) is 0 Å². The minimum absolute atomic E-state index is 0. The molecule has 0 amide bonds. The van der Waals surface area contributed by atoms with Crippen LogP contribution >= 0.6 is 0 Å². The number of rotatable bonds is 0. The summed E-state index contributed by atoms with van der Waals surface area (Å²) in [5.41, 5.74) is 0. The summed E-state index contributed by atoms with van der Waals surface area (Å²) in [7, 11) is 0. The predicted molar refractivity (Wildman–Crippen MR) is 18.1 cm³/mol. The van der Waals surface area contributed by atoms with E-state index in [2.05, 4.69) is 0 Å². The molecule has 0 aromatic carbocycles. The van der Waals surface area contributed by atoms with E-state index < -0.39 is 0 Å². The Hall–Kier alpha value is 0.319. The third kappa shape index (κ3) is 466. The Morgan fingerprint density at radius 1 is 0.333 bits per heavy atom. The van der Waals surface area contributed by atoms with Gasteiger partial charge in [0.25, 0.3) is 0 Å². The van der Waals surface area contributed by atoms with Gasteiger partial charge in [-0.3, -0.25) is 0 Å². The largest absolute Gasteiger partial charge is 2.00 e. The molecule has 49 valence electrons. The molecule has 10 N–H and O–H groups in total. The summed E-state index contributed by atoms with van der Waals surface area (Å²) < 4.78 is 0. The van der Waals surface area contributed by atoms with Gasteiger partial charge in [0.1, 0.15) is 0 Å². The van der Waals surface area contributed by atoms with Crippen molar-refractivity contribution in [2.24, 2.45) is 0 Å². The van der Waals surface area contributed by atoms with Crippen molar-refractivity contribution in [2.45, 2.75) is 0 Å². The fraction of sp³-hybridized carbons (Fsp3) is 0. The summed E-state index contributed by atoms with van der Waals surface area (Å²) in [5.74, 6) is 0. The molecule has 0 spiro atoms. The van der Waals surface area contributed by atoms with E-state index in [1.807, 2.05) is 0 Å². The molecule has 6 heavy (non-hydrogen) atoms. The first-order chi connectivity index (χ1) is 0. The van der Waals surface area contributed by atoms with Crippen molar-refractivity contribution in [3.63, 3.8) is 0 Å². The van der Waals surface area contributed by atoms with Gasteiger partial charge in [-0.25, -0.2) is 0 Å². The molecule has 0 bridgehead atoms. The van der Waals surface area contributed by atoms with E-state index in [0.717, 1.165) is 0 Å². The van der Waals surface area contributed by atoms with Gasteiger partial charge in [0.2, 0.25) is 0 Å². The van der Waals surface area contributed by atoms with Gasteiger partial charge >= 0.3 is 17.1 Å². The van der Waals surface area contributed by atoms with Crippen LogP contribution in [0.2, 0.25) is 0 Å². The normalized spacial score (nSPS) is 0. The second kappa shape index (κ2) is 972. The molecule has 0 saturated heterocycles. The van der Waals surface area contributed by atoms with E-state index in [4.69, 9.17) is 0 Å². The Morgan fingerprint density at radius 2 is 0.333 bits per heavy atom. The van der Waals surface area contributed by atoms with E-state index in [1.165, 1.54) is 0 Å². The zero-order valence-electron chi connectivity index (χ0n) is 2.80. The maximum Gasteiger partial charge on any atom is 2.00 e. The molecule has 0 fully saturated rings. The van der Waals surface area contributed by atoms with E-state index in [0.29, 0.717) is 0 Å². The minimum Gasteiger partial charge on any atom is -0.412 e. The summed E-state index contributed by atoms with van der Waals surface area (Å²) in [6.45, 7) is 0. The Bertz CT molecular complexity index is 3.90. The van der Waals surface area contributed by atoms with E-state index in [-0.39, 0.29) is 44.4 Å². The molecule has 0 aliphatic carbocycles. The third-order valence-corrected chi connectivity index (χ3v) is 0. The molecule has 0 aliphatic heterocycles. The zero-order chi connectivity index (χ0) is 0. The standard InChI is InChI=1S/Cu.5H2O/h;5*1H2/q+2;;;;;. The Balaban J connectivity index is 0. The van der Waals surface area contributed by atoms with Gasteiger partial charge < -0.3 is 27.4 Å². The van der Waals surface area contributed by atoms with E-state index >= 15 is 0 Å². The Labute approximate surface area is 45.4 Å². The van der Waals surface area contributed by atoms with Crippen LogP contribution < -0.4 is 0 Å². The van der Waals surface area contributed by atoms with Crippen molar-refractivity contribution in [3.05, 3.63) is 0 Å². The smallest absolute Gasteiger partial charge is 0.412 e. The molecule has 0 aliphatic rings. The van der Waals surface area contributed by atoms with Crippen molar-refractivity contribution < 1.29 is 44.4 Å². The summed E-state index contributed by atoms with van der Waals surface area (Å²) in [5, 5.41) is 0. The van der Waals surface area contributed by atoms with Crippen molar-refractivity contribution in [1.29, 1.82) is 0 Å². The predicted octanol–water partition coefficient (Wildman–Crippen LogP) is -4.13. The van der Waals surface area contributed by atoms with Crippen LogP contribution in [0.4, 0.5) is 0 Å². The van der Waals surface area contributed by atoms with Crippen LogP contribution in [0.1, 0.15) is 0 Å². The molecule has 5 nitrogen and oxygen atoms in total. The summed E-state index contributed by atoms with van der Waals surface area (Å²) in [6.07, 6.45) is 0. The van der Waals surface area contributed by atoms with Gasteiger partial charge in [0.05, 0.1) is 0 Å². The van der Waals surface area contributed by atoms with Gasteiger partial charge in [-0.05, 0) is 0 Å². The van der Waals surface area contributed by atoms with Crippen molar-refractivity contribution in [2.75, 3.05) is 0 Å². The number of hydrogen-bond acceptors (Lipinski definition) is 0. The summed E-state index contributed by atoms with van der Waals surface area (Å²) >= 11 is 0. The molecular formula is H10CuO5+2. The monoisotopic (exact) mass is 153 g/mol. The fourth-order valence-corrected chi connectivity index (χ4v) is 0. The van der Waals surface area contributed by atoms with Crippen LogP contribution in [0, 0.1) is 0 Å². The molecule has 0 heterocycles. The van der Waals surface area contributed by atoms with Gasteiger partial charge in [-0.15, -0.1) is 0 Å². The van der Waals surface area contributed by atoms with Gasteiger partial charge in [-0.2, -0.15) is 0 Å². The second-order valence-electron chi connectivity index (χ2n) is 0. The molecule has 0 unspecified atom stereocenters. The first kappa shape index (κ1) is 1750. The Kier molecular flexibility index (Phi) is 284000. The molecular weight excluding hydrogens is 144 g/mol. The van der Waals surface area contributed by atoms with Crippen LogP contribution in [0.5, 0.6) is 0 Å². The molecule has 6 heteroatoms. The number of hydrogen-bond donors (Lipinski definition) is 0. The molecule has 0 aromatic rings. The first-order valence-electron chi connectivity index (χ1n) is 0. The zero-order valence-corrected chi connectivity index (χ0v) is 3.74. The van der Waals surface area contributed by atoms with E-state index in [1.54, 1.807) is 0 Å². The van der Waals surface area contributed by atoms with Gasteiger partial charge in [0, 0.05) is 0 Å². The molecule has 0 saturated carbocycles. The van der Waals surface area contributed by atoms with Crippen LogP contribution in [-0.4, -0.2) is 27.4 Å². The molecule has 0 aromatic heterocycles. The summed E-state index contributed by atoms with van der Waals surface area (Å²) in [6, 6.07) is 0. The first-order valence-corrected chi connectivity index (χ1v) is 0. The van der Waals surface area contributed by atoms with Crippen LogP contribution in [0.25, 0.3) is 0 Å². The van der Waals surface area contributed by atoms with Crippen LogP contribution in [0.15, 0.2) is 0 Å². The molecule has 0 rings (SSSR count). The fourth-order valence-electron chi connectivity index (χ4n) is 0. The topological polar surface area (TPSA) is 158 Å². The molecule has 0 atom stereocenters. The minimum atomic E-state index is 0. The summed E-state index contributed by atoms with van der Waals surface area (Å²) in [4.78, 5) is 0. The Morgan fingerprint density at radius 3 is 0.333 bits per heavy atom. The van der Waals surface area contributed by atoms with Gasteiger partial charge in [0.15, 0.2) is 0 Å². The molecule has 1 radical (unpaired) electrons. The van der Waals surface area contributed by atoms with Crippen molar-refractivity contribution in [3.8, 4) is 0 Å². The van der Waals surface area contributed by atoms with Gasteiger partial charge in [-0.1, -0.05) is 0 Å².